The van der Waals surface area contributed by atoms with Crippen molar-refractivity contribution in [2.45, 2.75) is 50.3 Å². The van der Waals surface area contributed by atoms with Gasteiger partial charge in [0.15, 0.2) is 15.6 Å². The quantitative estimate of drug-likeness (QED) is 0.817. The summed E-state index contributed by atoms with van der Waals surface area (Å²) in [6, 6.07) is 4.91. The van der Waals surface area contributed by atoms with E-state index < -0.39 is 9.84 Å². The van der Waals surface area contributed by atoms with Crippen LogP contribution in [0.3, 0.4) is 0 Å². The highest BCUT2D eigenvalue weighted by molar-refractivity contribution is 7.91. The molecule has 0 bridgehead atoms. The molecule has 2 N–H and O–H groups in total. The largest absolute Gasteiger partial charge is 0.330 e. The third-order valence-electron chi connectivity index (χ3n) is 4.28. The number of Topliss-reactive ketones (excluding diaryl/α,β-unsaturated/α-hetero) is 1. The number of rotatable bonds is 6. The molecule has 0 radical (unpaired) electrons. The molecular formula is C17H25NO3S. The zero-order valence-electron chi connectivity index (χ0n) is 13.2. The van der Waals surface area contributed by atoms with Crippen molar-refractivity contribution in [2.75, 3.05) is 12.3 Å². The van der Waals surface area contributed by atoms with Gasteiger partial charge < -0.3 is 5.73 Å². The Labute approximate surface area is 133 Å². The number of hydrogen-bond donors (Lipinski definition) is 1. The van der Waals surface area contributed by atoms with Crippen molar-refractivity contribution < 1.29 is 13.2 Å². The normalized spacial score (nSPS) is 16.6. The third-order valence-corrected chi connectivity index (χ3v) is 6.15. The van der Waals surface area contributed by atoms with Gasteiger partial charge in [-0.15, -0.1) is 0 Å². The van der Waals surface area contributed by atoms with E-state index in [-0.39, 0.29) is 35.3 Å². The molecule has 0 spiro atoms. The van der Waals surface area contributed by atoms with E-state index in [1.54, 1.807) is 12.1 Å². The van der Waals surface area contributed by atoms with Gasteiger partial charge in [0.05, 0.1) is 10.6 Å². The van der Waals surface area contributed by atoms with Crippen molar-refractivity contribution >= 4 is 15.6 Å². The number of benzene rings is 1. The zero-order valence-corrected chi connectivity index (χ0v) is 14.0. The Morgan fingerprint density at radius 2 is 1.86 bits per heavy atom. The molecule has 1 fully saturated rings. The molecule has 0 amide bonds. The fourth-order valence-corrected chi connectivity index (χ4v) is 4.94. The Morgan fingerprint density at radius 1 is 1.18 bits per heavy atom. The van der Waals surface area contributed by atoms with Crippen LogP contribution in [0.5, 0.6) is 0 Å². The number of nitrogens with two attached hydrogens (primary N) is 1. The SMILES string of the molecule is Cc1cc(C(=O)CCN)cc(S(=O)(=O)CC2CCCCC2)c1. The second kappa shape index (κ2) is 7.38. The minimum atomic E-state index is -3.34. The average Bonchev–Trinajstić information content (AvgIpc) is 2.47. The minimum absolute atomic E-state index is 0.0969. The number of aryl methyl sites for hydroxylation is 1. The summed E-state index contributed by atoms with van der Waals surface area (Å²) in [4.78, 5) is 12.3. The van der Waals surface area contributed by atoms with Crippen molar-refractivity contribution in [2.24, 2.45) is 11.7 Å². The van der Waals surface area contributed by atoms with Gasteiger partial charge in [0.25, 0.3) is 0 Å². The summed E-state index contributed by atoms with van der Waals surface area (Å²) in [6.45, 7) is 2.09. The molecule has 122 valence electrons. The lowest BCUT2D eigenvalue weighted by atomic mass is 9.91. The van der Waals surface area contributed by atoms with Gasteiger partial charge in [0, 0.05) is 12.0 Å². The predicted octanol–water partition coefficient (Wildman–Crippen LogP) is 2.88. The van der Waals surface area contributed by atoms with Gasteiger partial charge >= 0.3 is 0 Å². The van der Waals surface area contributed by atoms with Gasteiger partial charge in [-0.3, -0.25) is 4.79 Å². The maximum atomic E-state index is 12.6. The fourth-order valence-electron chi connectivity index (χ4n) is 3.12. The smallest absolute Gasteiger partial charge is 0.178 e. The molecule has 4 nitrogen and oxygen atoms in total. The number of hydrogen-bond acceptors (Lipinski definition) is 4. The van der Waals surface area contributed by atoms with Crippen LogP contribution in [0.1, 0.15) is 54.4 Å². The van der Waals surface area contributed by atoms with E-state index in [0.717, 1.165) is 31.2 Å². The molecule has 5 heteroatoms. The number of sulfone groups is 1. The van der Waals surface area contributed by atoms with Gasteiger partial charge in [-0.2, -0.15) is 0 Å². The summed E-state index contributed by atoms with van der Waals surface area (Å²) >= 11 is 0. The monoisotopic (exact) mass is 323 g/mol. The highest BCUT2D eigenvalue weighted by Gasteiger charge is 2.24. The van der Waals surface area contributed by atoms with Crippen LogP contribution in [0.4, 0.5) is 0 Å². The molecule has 1 aliphatic rings. The summed E-state index contributed by atoms with van der Waals surface area (Å²) in [5, 5.41) is 0. The maximum absolute atomic E-state index is 12.6. The molecule has 0 atom stereocenters. The van der Waals surface area contributed by atoms with Crippen LogP contribution in [0.25, 0.3) is 0 Å². The third kappa shape index (κ3) is 4.40. The number of carbonyl (C=O) groups excluding carboxylic acids is 1. The Kier molecular flexibility index (Phi) is 5.75. The van der Waals surface area contributed by atoms with Gasteiger partial charge in [0.2, 0.25) is 0 Å². The molecule has 0 unspecified atom stereocenters. The first-order chi connectivity index (χ1) is 10.4. The first-order valence-electron chi connectivity index (χ1n) is 8.00. The Hall–Kier alpha value is -1.20. The van der Waals surface area contributed by atoms with Gasteiger partial charge in [0.1, 0.15) is 0 Å². The van der Waals surface area contributed by atoms with Crippen molar-refractivity contribution in [1.82, 2.24) is 0 Å². The standard InChI is InChI=1S/C17H25NO3S/c1-13-9-15(17(19)7-8-18)11-16(10-13)22(20,21)12-14-5-3-2-4-6-14/h9-11,14H,2-8,12,18H2,1H3. The van der Waals surface area contributed by atoms with Crippen molar-refractivity contribution in [3.05, 3.63) is 29.3 Å². The molecular weight excluding hydrogens is 298 g/mol. The van der Waals surface area contributed by atoms with E-state index in [1.165, 1.54) is 12.5 Å². The fraction of sp³-hybridized carbons (Fsp3) is 0.588. The van der Waals surface area contributed by atoms with Crippen molar-refractivity contribution in [3.63, 3.8) is 0 Å². The highest BCUT2D eigenvalue weighted by Crippen LogP contribution is 2.27. The van der Waals surface area contributed by atoms with Crippen LogP contribution in [-0.2, 0) is 9.84 Å². The van der Waals surface area contributed by atoms with Gasteiger partial charge in [-0.05, 0) is 56.0 Å². The molecule has 0 aliphatic heterocycles. The molecule has 22 heavy (non-hydrogen) atoms. The molecule has 1 saturated carbocycles. The van der Waals surface area contributed by atoms with Crippen LogP contribution in [-0.4, -0.2) is 26.5 Å². The summed E-state index contributed by atoms with van der Waals surface area (Å²) in [7, 11) is -3.34. The second-order valence-electron chi connectivity index (χ2n) is 6.28. The molecule has 1 aliphatic carbocycles. The second-order valence-corrected chi connectivity index (χ2v) is 8.32. The van der Waals surface area contributed by atoms with Gasteiger partial charge in [-0.25, -0.2) is 8.42 Å². The summed E-state index contributed by atoms with van der Waals surface area (Å²) in [6.07, 6.45) is 5.67. The van der Waals surface area contributed by atoms with Crippen LogP contribution < -0.4 is 5.73 Å². The lowest BCUT2D eigenvalue weighted by Crippen LogP contribution is -2.19. The van der Waals surface area contributed by atoms with Crippen molar-refractivity contribution in [1.29, 1.82) is 0 Å². The topological polar surface area (TPSA) is 77.2 Å². The van der Waals surface area contributed by atoms with Crippen molar-refractivity contribution in [3.8, 4) is 0 Å². The lowest BCUT2D eigenvalue weighted by Gasteiger charge is -2.21. The van der Waals surface area contributed by atoms with E-state index >= 15 is 0 Å². The highest BCUT2D eigenvalue weighted by atomic mass is 32.2. The zero-order chi connectivity index (χ0) is 16.2. The predicted molar refractivity (Wildman–Crippen MR) is 87.8 cm³/mol. The van der Waals surface area contributed by atoms with Crippen LogP contribution in [0.15, 0.2) is 23.1 Å². The first-order valence-corrected chi connectivity index (χ1v) is 9.65. The molecule has 1 aromatic rings. The maximum Gasteiger partial charge on any atom is 0.178 e. The van der Waals surface area contributed by atoms with E-state index in [1.807, 2.05) is 6.92 Å². The molecule has 0 heterocycles. The van der Waals surface area contributed by atoms with Crippen LogP contribution >= 0.6 is 0 Å². The number of carbonyl (C=O) groups is 1. The van der Waals surface area contributed by atoms with E-state index in [0.29, 0.717) is 5.56 Å². The van der Waals surface area contributed by atoms with Gasteiger partial charge in [-0.1, -0.05) is 19.3 Å². The molecule has 2 rings (SSSR count). The Bertz CT molecular complexity index is 631. The van der Waals surface area contributed by atoms with E-state index in [4.69, 9.17) is 5.73 Å². The summed E-state index contributed by atoms with van der Waals surface area (Å²) < 4.78 is 25.3. The number of ketones is 1. The summed E-state index contributed by atoms with van der Waals surface area (Å²) in [5.74, 6) is 0.351. The van der Waals surface area contributed by atoms with E-state index in [9.17, 15) is 13.2 Å². The van der Waals surface area contributed by atoms with E-state index in [2.05, 4.69) is 0 Å². The Morgan fingerprint density at radius 3 is 2.50 bits per heavy atom. The first kappa shape index (κ1) is 17.2. The van der Waals surface area contributed by atoms with Crippen LogP contribution in [0, 0.1) is 12.8 Å². The molecule has 0 aromatic heterocycles. The molecule has 1 aromatic carbocycles. The summed E-state index contributed by atoms with van der Waals surface area (Å²) in [5.41, 5.74) is 6.66. The molecule has 0 saturated heterocycles. The average molecular weight is 323 g/mol. The minimum Gasteiger partial charge on any atom is -0.330 e. The lowest BCUT2D eigenvalue weighted by molar-refractivity contribution is 0.0985. The van der Waals surface area contributed by atoms with Crippen LogP contribution in [0.2, 0.25) is 0 Å². The Balaban J connectivity index is 2.24.